The molecule has 0 aliphatic heterocycles. The molecule has 7 heteroatoms. The highest BCUT2D eigenvalue weighted by molar-refractivity contribution is 5.92. The number of oxazole rings is 1. The van der Waals surface area contributed by atoms with Crippen molar-refractivity contribution >= 4 is 5.91 Å². The Labute approximate surface area is 173 Å². The van der Waals surface area contributed by atoms with E-state index >= 15 is 0 Å². The van der Waals surface area contributed by atoms with Crippen LogP contribution in [-0.2, 0) is 13.1 Å². The van der Waals surface area contributed by atoms with Crippen molar-refractivity contribution in [1.29, 1.82) is 0 Å². The molecule has 1 N–H and O–H groups in total. The summed E-state index contributed by atoms with van der Waals surface area (Å²) in [5.41, 5.74) is 1.33. The summed E-state index contributed by atoms with van der Waals surface area (Å²) in [7, 11) is 3.31. The number of hydrogen-bond acceptors (Lipinski definition) is 6. The zero-order chi connectivity index (χ0) is 21.4. The zero-order valence-corrected chi connectivity index (χ0v) is 18.3. The van der Waals surface area contributed by atoms with Gasteiger partial charge in [-0.05, 0) is 44.9 Å². The lowest BCUT2D eigenvalue weighted by atomic mass is 10.1. The van der Waals surface area contributed by atoms with Gasteiger partial charge in [-0.15, -0.1) is 0 Å². The van der Waals surface area contributed by atoms with Gasteiger partial charge in [0.2, 0.25) is 5.89 Å². The SMILES string of the molecule is CC[C@@H](C)NC(=O)c1coc(CN(Cc2cc(OC)ccc2OC)[C@@H](C)CC)n1. The molecule has 0 aliphatic rings. The summed E-state index contributed by atoms with van der Waals surface area (Å²) < 4.78 is 16.5. The van der Waals surface area contributed by atoms with Crippen LogP contribution in [0, 0.1) is 0 Å². The number of nitrogens with one attached hydrogen (secondary N) is 1. The van der Waals surface area contributed by atoms with E-state index in [1.54, 1.807) is 14.2 Å². The van der Waals surface area contributed by atoms with Gasteiger partial charge in [-0.1, -0.05) is 13.8 Å². The van der Waals surface area contributed by atoms with Crippen LogP contribution in [0.15, 0.2) is 28.9 Å². The van der Waals surface area contributed by atoms with E-state index in [-0.39, 0.29) is 18.0 Å². The van der Waals surface area contributed by atoms with Crippen LogP contribution in [-0.4, -0.2) is 42.1 Å². The van der Waals surface area contributed by atoms with Crippen LogP contribution < -0.4 is 14.8 Å². The molecule has 0 radical (unpaired) electrons. The fraction of sp³-hybridized carbons (Fsp3) is 0.545. The molecule has 2 atom stereocenters. The number of carbonyl (C=O) groups is 1. The average molecular weight is 404 g/mol. The van der Waals surface area contributed by atoms with Crippen LogP contribution in [0.1, 0.15) is 62.5 Å². The number of nitrogens with zero attached hydrogens (tertiary/aromatic N) is 2. The Morgan fingerprint density at radius 3 is 2.55 bits per heavy atom. The largest absolute Gasteiger partial charge is 0.497 e. The highest BCUT2D eigenvalue weighted by Gasteiger charge is 2.20. The van der Waals surface area contributed by atoms with E-state index in [9.17, 15) is 4.79 Å². The third-order valence-electron chi connectivity index (χ3n) is 5.19. The number of benzene rings is 1. The number of methoxy groups -OCH3 is 2. The van der Waals surface area contributed by atoms with Gasteiger partial charge in [0.05, 0.1) is 20.8 Å². The Balaban J connectivity index is 2.17. The summed E-state index contributed by atoms with van der Waals surface area (Å²) in [6.45, 7) is 9.42. The average Bonchev–Trinajstić information content (AvgIpc) is 3.21. The number of aromatic nitrogens is 1. The summed E-state index contributed by atoms with van der Waals surface area (Å²) in [5, 5.41) is 2.91. The minimum atomic E-state index is -0.209. The molecule has 1 amide bonds. The van der Waals surface area contributed by atoms with Crippen LogP contribution in [0.4, 0.5) is 0 Å². The molecule has 2 aromatic rings. The van der Waals surface area contributed by atoms with Crippen molar-refractivity contribution in [2.75, 3.05) is 14.2 Å². The number of ether oxygens (including phenoxy) is 2. The smallest absolute Gasteiger partial charge is 0.273 e. The van der Waals surface area contributed by atoms with Gasteiger partial charge in [0.1, 0.15) is 17.8 Å². The molecule has 0 spiro atoms. The lowest BCUT2D eigenvalue weighted by molar-refractivity contribution is 0.0934. The van der Waals surface area contributed by atoms with Gasteiger partial charge in [-0.2, -0.15) is 0 Å². The van der Waals surface area contributed by atoms with Crippen molar-refractivity contribution in [2.24, 2.45) is 0 Å². The van der Waals surface area contributed by atoms with E-state index in [0.29, 0.717) is 24.7 Å². The molecule has 160 valence electrons. The molecule has 7 nitrogen and oxygen atoms in total. The normalized spacial score (nSPS) is 13.2. The van der Waals surface area contributed by atoms with Gasteiger partial charge in [0, 0.05) is 24.2 Å². The van der Waals surface area contributed by atoms with Crippen molar-refractivity contribution < 1.29 is 18.7 Å². The zero-order valence-electron chi connectivity index (χ0n) is 18.3. The first kappa shape index (κ1) is 22.7. The van der Waals surface area contributed by atoms with Crippen LogP contribution in [0.3, 0.4) is 0 Å². The number of carbonyl (C=O) groups excluding carboxylic acids is 1. The number of rotatable bonds is 11. The van der Waals surface area contributed by atoms with Crippen molar-refractivity contribution in [3.8, 4) is 11.5 Å². The minimum absolute atomic E-state index is 0.0970. The van der Waals surface area contributed by atoms with E-state index in [2.05, 4.69) is 29.0 Å². The minimum Gasteiger partial charge on any atom is -0.497 e. The summed E-state index contributed by atoms with van der Waals surface area (Å²) in [5.74, 6) is 1.89. The first-order chi connectivity index (χ1) is 13.9. The Bertz CT molecular complexity index is 790. The third-order valence-corrected chi connectivity index (χ3v) is 5.19. The lowest BCUT2D eigenvalue weighted by Gasteiger charge is -2.28. The molecule has 0 saturated heterocycles. The molecule has 1 heterocycles. The Morgan fingerprint density at radius 2 is 1.93 bits per heavy atom. The third kappa shape index (κ3) is 6.22. The van der Waals surface area contributed by atoms with E-state index in [4.69, 9.17) is 13.9 Å². The molecule has 0 unspecified atom stereocenters. The number of hydrogen-bond donors (Lipinski definition) is 1. The molecule has 1 aromatic carbocycles. The topological polar surface area (TPSA) is 76.8 Å². The van der Waals surface area contributed by atoms with E-state index in [0.717, 1.165) is 29.9 Å². The Hall–Kier alpha value is -2.54. The Kier molecular flexibility index (Phi) is 8.51. The lowest BCUT2D eigenvalue weighted by Crippen LogP contribution is -2.33. The Morgan fingerprint density at radius 1 is 1.17 bits per heavy atom. The van der Waals surface area contributed by atoms with Crippen molar-refractivity contribution in [3.05, 3.63) is 41.6 Å². The molecule has 0 fully saturated rings. The van der Waals surface area contributed by atoms with Crippen molar-refractivity contribution in [3.63, 3.8) is 0 Å². The van der Waals surface area contributed by atoms with E-state index < -0.39 is 0 Å². The van der Waals surface area contributed by atoms with Crippen LogP contribution in [0.2, 0.25) is 0 Å². The second kappa shape index (κ2) is 10.9. The van der Waals surface area contributed by atoms with E-state index in [1.807, 2.05) is 32.0 Å². The van der Waals surface area contributed by atoms with Crippen LogP contribution >= 0.6 is 0 Å². The second-order valence-electron chi connectivity index (χ2n) is 7.25. The van der Waals surface area contributed by atoms with Crippen molar-refractivity contribution in [2.45, 2.75) is 65.7 Å². The quantitative estimate of drug-likeness (QED) is 0.611. The van der Waals surface area contributed by atoms with Gasteiger partial charge in [-0.25, -0.2) is 4.98 Å². The van der Waals surface area contributed by atoms with E-state index in [1.165, 1.54) is 6.26 Å². The van der Waals surface area contributed by atoms with Crippen LogP contribution in [0.25, 0.3) is 0 Å². The summed E-state index contributed by atoms with van der Waals surface area (Å²) >= 11 is 0. The molecule has 2 rings (SSSR count). The summed E-state index contributed by atoms with van der Waals surface area (Å²) in [6.07, 6.45) is 3.25. The highest BCUT2D eigenvalue weighted by atomic mass is 16.5. The molecule has 29 heavy (non-hydrogen) atoms. The van der Waals surface area contributed by atoms with Crippen LogP contribution in [0.5, 0.6) is 11.5 Å². The predicted molar refractivity (Wildman–Crippen MR) is 112 cm³/mol. The van der Waals surface area contributed by atoms with Crippen molar-refractivity contribution in [1.82, 2.24) is 15.2 Å². The summed E-state index contributed by atoms with van der Waals surface area (Å²) in [4.78, 5) is 18.9. The molecular weight excluding hydrogens is 370 g/mol. The maximum Gasteiger partial charge on any atom is 0.273 e. The maximum atomic E-state index is 12.3. The molecule has 0 bridgehead atoms. The fourth-order valence-corrected chi connectivity index (χ4v) is 2.91. The molecule has 0 aliphatic carbocycles. The first-order valence-electron chi connectivity index (χ1n) is 10.1. The number of amides is 1. The molecule has 0 saturated carbocycles. The fourth-order valence-electron chi connectivity index (χ4n) is 2.91. The van der Waals surface area contributed by atoms with Gasteiger partial charge < -0.3 is 19.2 Å². The highest BCUT2D eigenvalue weighted by Crippen LogP contribution is 2.27. The second-order valence-corrected chi connectivity index (χ2v) is 7.25. The standard InChI is InChI=1S/C22H33N3O4/c1-7-15(3)23-22(26)19-14-29-21(24-19)13-25(16(4)8-2)12-17-11-18(27-5)9-10-20(17)28-6/h9-11,14-16H,7-8,12-13H2,1-6H3,(H,23,26)/t15-,16+/m1/s1. The van der Waals surface area contributed by atoms with Gasteiger partial charge >= 0.3 is 0 Å². The predicted octanol–water partition coefficient (Wildman–Crippen LogP) is 4.02. The monoisotopic (exact) mass is 403 g/mol. The maximum absolute atomic E-state index is 12.3. The van der Waals surface area contributed by atoms with Gasteiger partial charge in [-0.3, -0.25) is 9.69 Å². The van der Waals surface area contributed by atoms with Gasteiger partial charge in [0.25, 0.3) is 5.91 Å². The molecule has 1 aromatic heterocycles. The van der Waals surface area contributed by atoms with Gasteiger partial charge in [0.15, 0.2) is 5.69 Å². The summed E-state index contributed by atoms with van der Waals surface area (Å²) in [6, 6.07) is 6.15. The first-order valence-corrected chi connectivity index (χ1v) is 10.1. The molecular formula is C22H33N3O4.